The molecule has 27 heavy (non-hydrogen) atoms. The van der Waals surface area contributed by atoms with Gasteiger partial charge in [-0.05, 0) is 54.7 Å². The topological polar surface area (TPSA) is 39.7 Å². The summed E-state index contributed by atoms with van der Waals surface area (Å²) in [5.41, 5.74) is 0. The van der Waals surface area contributed by atoms with Crippen LogP contribution in [0.4, 0.5) is 5.00 Å². The molecular weight excluding hydrogens is 487 g/mol. The van der Waals surface area contributed by atoms with Gasteiger partial charge in [0.15, 0.2) is 5.96 Å². The fraction of sp³-hybridized carbons (Fsp3) is 0.450. The molecule has 1 aromatic heterocycles. The third-order valence-corrected chi connectivity index (χ3v) is 6.53. The summed E-state index contributed by atoms with van der Waals surface area (Å²) in [6.07, 6.45) is 3.43. The van der Waals surface area contributed by atoms with E-state index >= 15 is 0 Å². The Kier molecular flexibility index (Phi) is 10.4. The van der Waals surface area contributed by atoms with Crippen molar-refractivity contribution in [2.75, 3.05) is 37.3 Å². The van der Waals surface area contributed by atoms with Crippen molar-refractivity contribution < 1.29 is 0 Å². The summed E-state index contributed by atoms with van der Waals surface area (Å²) in [7, 11) is 1.86. The van der Waals surface area contributed by atoms with Crippen LogP contribution in [0, 0.1) is 0 Å². The summed E-state index contributed by atoms with van der Waals surface area (Å²) in [4.78, 5) is 8.21. The van der Waals surface area contributed by atoms with Gasteiger partial charge >= 0.3 is 0 Å². The first-order valence-corrected chi connectivity index (χ1v) is 11.1. The van der Waals surface area contributed by atoms with Gasteiger partial charge in [0.25, 0.3) is 0 Å². The summed E-state index contributed by atoms with van der Waals surface area (Å²) in [6.45, 7) is 3.18. The molecule has 2 heterocycles. The van der Waals surface area contributed by atoms with Crippen LogP contribution in [0.1, 0.15) is 19.3 Å². The highest BCUT2D eigenvalue weighted by atomic mass is 127. The first-order chi connectivity index (χ1) is 12.8. The van der Waals surface area contributed by atoms with E-state index in [2.05, 4.69) is 68.4 Å². The minimum atomic E-state index is 0. The predicted octanol–water partition coefficient (Wildman–Crippen LogP) is 4.68. The number of hydrogen-bond donors (Lipinski definition) is 2. The van der Waals surface area contributed by atoms with Gasteiger partial charge in [-0.25, -0.2) is 0 Å². The average Bonchev–Trinajstić information content (AvgIpc) is 3.23. The second kappa shape index (κ2) is 12.5. The summed E-state index contributed by atoms with van der Waals surface area (Å²) < 4.78 is 0. The number of rotatable bonds is 7. The number of nitrogens with zero attached hydrogens (tertiary/aromatic N) is 2. The van der Waals surface area contributed by atoms with Crippen molar-refractivity contribution in [2.45, 2.75) is 30.2 Å². The first-order valence-electron chi connectivity index (χ1n) is 9.28. The van der Waals surface area contributed by atoms with Gasteiger partial charge in [0.05, 0.1) is 5.00 Å². The van der Waals surface area contributed by atoms with E-state index in [4.69, 9.17) is 0 Å². The Morgan fingerprint density at radius 1 is 1.19 bits per heavy atom. The van der Waals surface area contributed by atoms with Crippen LogP contribution in [0.5, 0.6) is 0 Å². The number of benzene rings is 1. The molecule has 2 aromatic rings. The molecule has 1 aliphatic heterocycles. The number of nitrogens with one attached hydrogen (secondary N) is 2. The van der Waals surface area contributed by atoms with Crippen LogP contribution in [0.3, 0.4) is 0 Å². The van der Waals surface area contributed by atoms with Crippen molar-refractivity contribution in [1.82, 2.24) is 10.6 Å². The molecule has 1 aliphatic rings. The van der Waals surface area contributed by atoms with E-state index in [9.17, 15) is 0 Å². The predicted molar refractivity (Wildman–Crippen MR) is 131 cm³/mol. The average molecular weight is 517 g/mol. The Bertz CT molecular complexity index is 656. The molecule has 0 atom stereocenters. The number of anilines is 1. The van der Waals surface area contributed by atoms with E-state index in [1.165, 1.54) is 9.90 Å². The standard InChI is InChI=1S/C20H28N4S2.HI/c1-21-20(22-12-6-16-25-18-7-3-2-4-8-18)23-17-10-13-24(14-11-17)19-9-5-15-26-19;/h2-5,7-9,15,17H,6,10-14,16H2,1H3,(H2,21,22,23);1H. The first kappa shape index (κ1) is 22.4. The molecule has 0 aliphatic carbocycles. The smallest absolute Gasteiger partial charge is 0.191 e. The fourth-order valence-electron chi connectivity index (χ4n) is 3.07. The van der Waals surface area contributed by atoms with Crippen LogP contribution < -0.4 is 15.5 Å². The maximum absolute atomic E-state index is 4.38. The number of thiophene rings is 1. The van der Waals surface area contributed by atoms with Gasteiger partial charge in [0, 0.05) is 37.6 Å². The van der Waals surface area contributed by atoms with Gasteiger partial charge in [-0.1, -0.05) is 18.2 Å². The zero-order chi connectivity index (χ0) is 18.0. The fourth-order valence-corrected chi connectivity index (χ4v) is 4.73. The highest BCUT2D eigenvalue weighted by Crippen LogP contribution is 2.24. The Balaban J connectivity index is 0.00000261. The number of thioether (sulfide) groups is 1. The van der Waals surface area contributed by atoms with E-state index in [0.717, 1.165) is 50.6 Å². The Morgan fingerprint density at radius 3 is 2.63 bits per heavy atom. The van der Waals surface area contributed by atoms with Crippen LogP contribution in [0.25, 0.3) is 0 Å². The molecule has 0 unspecified atom stereocenters. The largest absolute Gasteiger partial charge is 0.363 e. The monoisotopic (exact) mass is 516 g/mol. The summed E-state index contributed by atoms with van der Waals surface area (Å²) in [5.74, 6) is 2.05. The summed E-state index contributed by atoms with van der Waals surface area (Å²) in [5, 5.41) is 10.6. The molecule has 0 bridgehead atoms. The molecule has 1 saturated heterocycles. The van der Waals surface area contributed by atoms with Gasteiger partial charge in [-0.15, -0.1) is 47.1 Å². The SMILES string of the molecule is CN=C(NCCCSc1ccccc1)NC1CCN(c2cccs2)CC1.I. The maximum atomic E-state index is 4.38. The van der Waals surface area contributed by atoms with Crippen LogP contribution in [0.15, 0.2) is 57.7 Å². The number of guanidine groups is 1. The lowest BCUT2D eigenvalue weighted by Gasteiger charge is -2.33. The third-order valence-electron chi connectivity index (χ3n) is 4.50. The molecule has 3 rings (SSSR count). The molecule has 7 heteroatoms. The minimum absolute atomic E-state index is 0. The Hall–Kier alpha value is -0.930. The molecular formula is C20H29IN4S2. The highest BCUT2D eigenvalue weighted by molar-refractivity contribution is 14.0. The van der Waals surface area contributed by atoms with E-state index in [-0.39, 0.29) is 24.0 Å². The van der Waals surface area contributed by atoms with Crippen LogP contribution in [-0.2, 0) is 0 Å². The second-order valence-electron chi connectivity index (χ2n) is 6.37. The van der Waals surface area contributed by atoms with Gasteiger partial charge < -0.3 is 15.5 Å². The van der Waals surface area contributed by atoms with Crippen molar-refractivity contribution in [3.63, 3.8) is 0 Å². The highest BCUT2D eigenvalue weighted by Gasteiger charge is 2.20. The number of hydrogen-bond acceptors (Lipinski definition) is 4. The van der Waals surface area contributed by atoms with Crippen molar-refractivity contribution in [1.29, 1.82) is 0 Å². The summed E-state index contributed by atoms with van der Waals surface area (Å²) in [6, 6.07) is 15.4. The Labute approximate surface area is 188 Å². The Morgan fingerprint density at radius 2 is 1.96 bits per heavy atom. The third kappa shape index (κ3) is 7.54. The van der Waals surface area contributed by atoms with Crippen molar-refractivity contribution in [2.24, 2.45) is 4.99 Å². The molecule has 4 nitrogen and oxygen atoms in total. The molecule has 0 saturated carbocycles. The lowest BCUT2D eigenvalue weighted by Crippen LogP contribution is -2.48. The molecule has 0 spiro atoms. The van der Waals surface area contributed by atoms with E-state index in [1.807, 2.05) is 30.1 Å². The lowest BCUT2D eigenvalue weighted by molar-refractivity contribution is 0.463. The summed E-state index contributed by atoms with van der Waals surface area (Å²) >= 11 is 3.74. The van der Waals surface area contributed by atoms with Gasteiger partial charge in [-0.3, -0.25) is 4.99 Å². The van der Waals surface area contributed by atoms with Crippen molar-refractivity contribution >= 4 is 58.0 Å². The van der Waals surface area contributed by atoms with Gasteiger partial charge in [0.2, 0.25) is 0 Å². The van der Waals surface area contributed by atoms with E-state index in [0.29, 0.717) is 6.04 Å². The van der Waals surface area contributed by atoms with E-state index in [1.54, 1.807) is 0 Å². The minimum Gasteiger partial charge on any atom is -0.363 e. The number of piperidine rings is 1. The number of aliphatic imine (C=N–C) groups is 1. The van der Waals surface area contributed by atoms with Gasteiger partial charge in [-0.2, -0.15) is 0 Å². The van der Waals surface area contributed by atoms with Crippen molar-refractivity contribution in [3.05, 3.63) is 47.8 Å². The van der Waals surface area contributed by atoms with E-state index < -0.39 is 0 Å². The molecule has 148 valence electrons. The van der Waals surface area contributed by atoms with Crippen LogP contribution in [0.2, 0.25) is 0 Å². The second-order valence-corrected chi connectivity index (χ2v) is 8.47. The van der Waals surface area contributed by atoms with Crippen LogP contribution >= 0.6 is 47.1 Å². The molecule has 0 radical (unpaired) electrons. The lowest BCUT2D eigenvalue weighted by atomic mass is 10.1. The zero-order valence-corrected chi connectivity index (χ0v) is 19.7. The quantitative estimate of drug-likeness (QED) is 0.184. The molecule has 0 amide bonds. The van der Waals surface area contributed by atoms with Crippen molar-refractivity contribution in [3.8, 4) is 0 Å². The molecule has 1 aromatic carbocycles. The van der Waals surface area contributed by atoms with Gasteiger partial charge in [0.1, 0.15) is 0 Å². The molecule has 2 N–H and O–H groups in total. The van der Waals surface area contributed by atoms with Crippen LogP contribution in [-0.4, -0.2) is 44.4 Å². The molecule has 1 fully saturated rings. The maximum Gasteiger partial charge on any atom is 0.191 e. The number of halogens is 1. The normalized spacial score (nSPS) is 15.3. The zero-order valence-electron chi connectivity index (χ0n) is 15.8.